The van der Waals surface area contributed by atoms with Gasteiger partial charge >= 0.3 is 0 Å². The summed E-state index contributed by atoms with van der Waals surface area (Å²) >= 11 is 0. The zero-order valence-corrected chi connectivity index (χ0v) is 19.7. The first-order valence-electron chi connectivity index (χ1n) is 11.6. The fourth-order valence-electron chi connectivity index (χ4n) is 4.41. The van der Waals surface area contributed by atoms with Crippen LogP contribution in [0.2, 0.25) is 0 Å². The van der Waals surface area contributed by atoms with Gasteiger partial charge in [0.05, 0.1) is 26.9 Å². The molecular formula is C24H40N4O3. The third-order valence-electron chi connectivity index (χ3n) is 6.58. The molecule has 0 spiro atoms. The van der Waals surface area contributed by atoms with Crippen molar-refractivity contribution >= 4 is 5.96 Å². The summed E-state index contributed by atoms with van der Waals surface area (Å²) < 4.78 is 16.6. The quantitative estimate of drug-likeness (QED) is 0.486. The number of nitrogens with one attached hydrogen (secondary N) is 2. The van der Waals surface area contributed by atoms with Gasteiger partial charge in [0.15, 0.2) is 5.96 Å². The number of benzene rings is 1. The highest BCUT2D eigenvalue weighted by Gasteiger charge is 2.35. The summed E-state index contributed by atoms with van der Waals surface area (Å²) in [4.78, 5) is 7.43. The zero-order valence-electron chi connectivity index (χ0n) is 19.7. The van der Waals surface area contributed by atoms with Crippen molar-refractivity contribution in [2.45, 2.75) is 44.6 Å². The average Bonchev–Trinajstić information content (AvgIpc) is 2.82. The van der Waals surface area contributed by atoms with Gasteiger partial charge in [-0.3, -0.25) is 9.89 Å². The fraction of sp³-hybridized carbons (Fsp3) is 0.708. The molecule has 0 saturated carbocycles. The predicted molar refractivity (Wildman–Crippen MR) is 125 cm³/mol. The van der Waals surface area contributed by atoms with Gasteiger partial charge in [-0.05, 0) is 51.3 Å². The molecule has 0 bridgehead atoms. The molecule has 0 amide bonds. The number of hydrogen-bond acceptors (Lipinski definition) is 5. The number of rotatable bonds is 8. The first-order chi connectivity index (χ1) is 15.0. The molecule has 2 fully saturated rings. The Hall–Kier alpha value is -1.83. The second-order valence-corrected chi connectivity index (χ2v) is 9.08. The smallest absolute Gasteiger partial charge is 0.191 e. The summed E-state index contributed by atoms with van der Waals surface area (Å²) in [7, 11) is 1.71. The number of morpholine rings is 1. The fourth-order valence-corrected chi connectivity index (χ4v) is 4.41. The lowest BCUT2D eigenvalue weighted by Crippen LogP contribution is -2.52. The van der Waals surface area contributed by atoms with Gasteiger partial charge < -0.3 is 24.8 Å². The maximum Gasteiger partial charge on any atom is 0.191 e. The Morgan fingerprint density at radius 1 is 1.06 bits per heavy atom. The van der Waals surface area contributed by atoms with Crippen molar-refractivity contribution < 1.29 is 14.2 Å². The molecule has 0 aliphatic carbocycles. The zero-order chi connectivity index (χ0) is 22.2. The van der Waals surface area contributed by atoms with Gasteiger partial charge in [-0.1, -0.05) is 12.1 Å². The van der Waals surface area contributed by atoms with Crippen molar-refractivity contribution in [1.29, 1.82) is 0 Å². The molecule has 7 heteroatoms. The van der Waals surface area contributed by atoms with Crippen LogP contribution in [0, 0.1) is 0 Å². The second-order valence-electron chi connectivity index (χ2n) is 9.08. The summed E-state index contributed by atoms with van der Waals surface area (Å²) in [6, 6.07) is 8.49. The lowest BCUT2D eigenvalue weighted by Gasteiger charge is -2.40. The first kappa shape index (κ1) is 23.8. The monoisotopic (exact) mass is 432 g/mol. The number of methoxy groups -OCH3 is 1. The molecule has 0 aromatic heterocycles. The Labute approximate surface area is 187 Å². The Morgan fingerprint density at radius 3 is 2.32 bits per heavy atom. The van der Waals surface area contributed by atoms with Crippen LogP contribution < -0.4 is 15.4 Å². The third-order valence-corrected chi connectivity index (χ3v) is 6.58. The maximum atomic E-state index is 5.69. The molecule has 2 heterocycles. The molecule has 7 nitrogen and oxygen atoms in total. The molecule has 0 radical (unpaired) electrons. The summed E-state index contributed by atoms with van der Waals surface area (Å²) in [6.45, 7) is 14.1. The number of ether oxygens (including phenoxy) is 3. The van der Waals surface area contributed by atoms with E-state index >= 15 is 0 Å². The normalized spacial score (nSPS) is 20.3. The molecule has 2 aliphatic heterocycles. The van der Waals surface area contributed by atoms with Gasteiger partial charge in [0, 0.05) is 50.3 Å². The van der Waals surface area contributed by atoms with Crippen LogP contribution in [0.4, 0.5) is 0 Å². The topological polar surface area (TPSA) is 67.4 Å². The van der Waals surface area contributed by atoms with Gasteiger partial charge in [-0.25, -0.2) is 0 Å². The highest BCUT2D eigenvalue weighted by Crippen LogP contribution is 2.35. The minimum atomic E-state index is -0.00151. The van der Waals surface area contributed by atoms with Crippen LogP contribution in [0.15, 0.2) is 29.3 Å². The van der Waals surface area contributed by atoms with E-state index in [1.54, 1.807) is 7.11 Å². The lowest BCUT2D eigenvalue weighted by molar-refractivity contribution is -0.00684. The van der Waals surface area contributed by atoms with E-state index in [0.717, 1.165) is 83.7 Å². The molecular weight excluding hydrogens is 392 g/mol. The first-order valence-corrected chi connectivity index (χ1v) is 11.6. The van der Waals surface area contributed by atoms with Crippen molar-refractivity contribution in [3.05, 3.63) is 29.8 Å². The summed E-state index contributed by atoms with van der Waals surface area (Å²) in [5, 5.41) is 7.07. The van der Waals surface area contributed by atoms with Gasteiger partial charge in [-0.15, -0.1) is 0 Å². The maximum absolute atomic E-state index is 5.69. The van der Waals surface area contributed by atoms with Crippen molar-refractivity contribution in [2.24, 2.45) is 4.99 Å². The molecule has 1 aromatic carbocycles. The van der Waals surface area contributed by atoms with Gasteiger partial charge in [0.25, 0.3) is 0 Å². The van der Waals surface area contributed by atoms with Crippen LogP contribution in [0.3, 0.4) is 0 Å². The van der Waals surface area contributed by atoms with E-state index in [2.05, 4.69) is 60.6 Å². The minimum Gasteiger partial charge on any atom is -0.497 e. The summed E-state index contributed by atoms with van der Waals surface area (Å²) in [6.07, 6.45) is 1.98. The Morgan fingerprint density at radius 2 is 1.71 bits per heavy atom. The van der Waals surface area contributed by atoms with Crippen molar-refractivity contribution in [3.8, 4) is 5.75 Å². The van der Waals surface area contributed by atoms with E-state index in [0.29, 0.717) is 0 Å². The van der Waals surface area contributed by atoms with E-state index in [9.17, 15) is 0 Å². The van der Waals surface area contributed by atoms with E-state index in [4.69, 9.17) is 19.2 Å². The summed E-state index contributed by atoms with van der Waals surface area (Å²) in [5.74, 6) is 1.77. The Bertz CT molecular complexity index is 693. The molecule has 1 aromatic rings. The number of nitrogens with zero attached hydrogens (tertiary/aromatic N) is 2. The van der Waals surface area contributed by atoms with Crippen molar-refractivity contribution in [1.82, 2.24) is 15.5 Å². The molecule has 174 valence electrons. The van der Waals surface area contributed by atoms with Gasteiger partial charge in [0.2, 0.25) is 0 Å². The van der Waals surface area contributed by atoms with E-state index in [1.807, 2.05) is 0 Å². The average molecular weight is 433 g/mol. The van der Waals surface area contributed by atoms with E-state index in [-0.39, 0.29) is 11.0 Å². The van der Waals surface area contributed by atoms with Crippen LogP contribution in [0.5, 0.6) is 5.75 Å². The van der Waals surface area contributed by atoms with Gasteiger partial charge in [-0.2, -0.15) is 0 Å². The second kappa shape index (κ2) is 11.2. The molecule has 0 unspecified atom stereocenters. The minimum absolute atomic E-state index is 0.00151. The molecule has 2 aliphatic rings. The SMILES string of the molecule is CCNC(=NCC(C)(C)N1CCOCC1)NCC1(c2ccc(OC)cc2)CCOCC1. The standard InChI is InChI=1S/C24H40N4O3/c1-5-25-22(26-18-23(2,3)28-12-16-31-17-13-28)27-19-24(10-14-30-15-11-24)20-6-8-21(29-4)9-7-20/h6-9H,5,10-19H2,1-4H3,(H2,25,26,27). The molecule has 2 N–H and O–H groups in total. The number of hydrogen-bond donors (Lipinski definition) is 2. The van der Waals surface area contributed by atoms with Crippen LogP contribution in [0.25, 0.3) is 0 Å². The van der Waals surface area contributed by atoms with Gasteiger partial charge in [0.1, 0.15) is 5.75 Å². The number of aliphatic imine (C=N–C) groups is 1. The lowest BCUT2D eigenvalue weighted by atomic mass is 9.74. The Balaban J connectivity index is 1.70. The van der Waals surface area contributed by atoms with Crippen molar-refractivity contribution in [3.63, 3.8) is 0 Å². The molecule has 31 heavy (non-hydrogen) atoms. The highest BCUT2D eigenvalue weighted by molar-refractivity contribution is 5.80. The number of guanidine groups is 1. The van der Waals surface area contributed by atoms with Crippen molar-refractivity contribution in [2.75, 3.05) is 66.3 Å². The van der Waals surface area contributed by atoms with Crippen LogP contribution in [-0.2, 0) is 14.9 Å². The highest BCUT2D eigenvalue weighted by atomic mass is 16.5. The molecule has 3 rings (SSSR count). The molecule has 2 saturated heterocycles. The van der Waals surface area contributed by atoms with Crippen LogP contribution >= 0.6 is 0 Å². The van der Waals surface area contributed by atoms with E-state index in [1.165, 1.54) is 5.56 Å². The molecule has 0 atom stereocenters. The van der Waals surface area contributed by atoms with Crippen LogP contribution in [-0.4, -0.2) is 82.7 Å². The largest absolute Gasteiger partial charge is 0.497 e. The predicted octanol–water partition coefficient (Wildman–Crippen LogP) is 2.41. The third kappa shape index (κ3) is 6.34. The van der Waals surface area contributed by atoms with E-state index < -0.39 is 0 Å². The summed E-state index contributed by atoms with van der Waals surface area (Å²) in [5.41, 5.74) is 1.35. The van der Waals surface area contributed by atoms with Crippen LogP contribution in [0.1, 0.15) is 39.2 Å². The Kier molecular flexibility index (Phi) is 8.58.